The zero-order valence-electron chi connectivity index (χ0n) is 11.9. The van der Waals surface area contributed by atoms with E-state index in [2.05, 4.69) is 0 Å². The monoisotopic (exact) mass is 287 g/mol. The first-order chi connectivity index (χ1) is 8.51. The lowest BCUT2D eigenvalue weighted by atomic mass is 10.0. The summed E-state index contributed by atoms with van der Waals surface area (Å²) in [5.41, 5.74) is 7.26. The van der Waals surface area contributed by atoms with E-state index in [1.54, 1.807) is 0 Å². The van der Waals surface area contributed by atoms with Crippen LogP contribution >= 0.6 is 12.4 Å². The van der Waals surface area contributed by atoms with Gasteiger partial charge in [0.25, 0.3) is 0 Å². The SMILES string of the molecule is CCOc1cc([C@@H](C)N)cc(OCC)c1C(C)=O.Cl. The third-order valence-corrected chi connectivity index (χ3v) is 2.57. The van der Waals surface area contributed by atoms with Gasteiger partial charge in [-0.25, -0.2) is 0 Å². The van der Waals surface area contributed by atoms with Crippen molar-refractivity contribution in [1.82, 2.24) is 0 Å². The molecular formula is C14H22ClNO3. The van der Waals surface area contributed by atoms with Crippen molar-refractivity contribution in [3.63, 3.8) is 0 Å². The van der Waals surface area contributed by atoms with Gasteiger partial charge in [0.2, 0.25) is 0 Å². The molecular weight excluding hydrogens is 266 g/mol. The van der Waals surface area contributed by atoms with Crippen LogP contribution in [-0.2, 0) is 0 Å². The number of hydrogen-bond acceptors (Lipinski definition) is 4. The highest BCUT2D eigenvalue weighted by molar-refractivity contribution is 5.99. The molecule has 5 heteroatoms. The molecule has 0 saturated heterocycles. The third-order valence-electron chi connectivity index (χ3n) is 2.57. The molecule has 1 atom stereocenters. The predicted molar refractivity (Wildman–Crippen MR) is 78.6 cm³/mol. The van der Waals surface area contributed by atoms with Gasteiger partial charge in [0.1, 0.15) is 17.1 Å². The maximum absolute atomic E-state index is 11.7. The van der Waals surface area contributed by atoms with Crippen molar-refractivity contribution in [2.75, 3.05) is 13.2 Å². The summed E-state index contributed by atoms with van der Waals surface area (Å²) in [6, 6.07) is 3.49. The van der Waals surface area contributed by atoms with Crippen molar-refractivity contribution in [3.8, 4) is 11.5 Å². The highest BCUT2D eigenvalue weighted by Gasteiger charge is 2.18. The molecule has 0 aromatic heterocycles. The van der Waals surface area contributed by atoms with Gasteiger partial charge in [-0.05, 0) is 45.4 Å². The Morgan fingerprint density at radius 2 is 1.63 bits per heavy atom. The molecule has 0 amide bonds. The van der Waals surface area contributed by atoms with Crippen molar-refractivity contribution in [2.24, 2.45) is 5.73 Å². The van der Waals surface area contributed by atoms with Crippen molar-refractivity contribution < 1.29 is 14.3 Å². The van der Waals surface area contributed by atoms with Gasteiger partial charge >= 0.3 is 0 Å². The molecule has 2 N–H and O–H groups in total. The molecule has 1 aromatic carbocycles. The lowest BCUT2D eigenvalue weighted by Crippen LogP contribution is -2.10. The Labute approximate surface area is 120 Å². The molecule has 108 valence electrons. The number of ether oxygens (including phenoxy) is 2. The Morgan fingerprint density at radius 3 is 1.89 bits per heavy atom. The molecule has 1 rings (SSSR count). The topological polar surface area (TPSA) is 61.6 Å². The van der Waals surface area contributed by atoms with Gasteiger partial charge in [0.05, 0.1) is 13.2 Å². The van der Waals surface area contributed by atoms with E-state index in [1.807, 2.05) is 32.9 Å². The van der Waals surface area contributed by atoms with Crippen LogP contribution in [0.3, 0.4) is 0 Å². The maximum atomic E-state index is 11.7. The predicted octanol–water partition coefficient (Wildman–Crippen LogP) is 3.13. The highest BCUT2D eigenvalue weighted by Crippen LogP contribution is 2.33. The summed E-state index contributed by atoms with van der Waals surface area (Å²) in [6.45, 7) is 8.13. The second-order valence-corrected chi connectivity index (χ2v) is 4.10. The zero-order chi connectivity index (χ0) is 13.7. The van der Waals surface area contributed by atoms with E-state index in [1.165, 1.54) is 6.92 Å². The molecule has 0 bridgehead atoms. The van der Waals surface area contributed by atoms with Crippen molar-refractivity contribution in [3.05, 3.63) is 23.3 Å². The van der Waals surface area contributed by atoms with E-state index in [0.717, 1.165) is 5.56 Å². The van der Waals surface area contributed by atoms with E-state index in [9.17, 15) is 4.79 Å². The summed E-state index contributed by atoms with van der Waals surface area (Å²) in [7, 11) is 0. The summed E-state index contributed by atoms with van der Waals surface area (Å²) in [4.78, 5) is 11.7. The fraction of sp³-hybridized carbons (Fsp3) is 0.500. The number of halogens is 1. The average molecular weight is 288 g/mol. The smallest absolute Gasteiger partial charge is 0.167 e. The van der Waals surface area contributed by atoms with Crippen LogP contribution in [0.4, 0.5) is 0 Å². The number of Topliss-reactive ketones (excluding diaryl/α,β-unsaturated/α-hetero) is 1. The summed E-state index contributed by atoms with van der Waals surface area (Å²) < 4.78 is 11.0. The molecule has 19 heavy (non-hydrogen) atoms. The lowest BCUT2D eigenvalue weighted by Gasteiger charge is -2.17. The largest absolute Gasteiger partial charge is 0.493 e. The molecule has 0 spiro atoms. The van der Waals surface area contributed by atoms with Gasteiger partial charge in [0, 0.05) is 6.04 Å². The van der Waals surface area contributed by atoms with Crippen molar-refractivity contribution in [1.29, 1.82) is 0 Å². The van der Waals surface area contributed by atoms with Crippen LogP contribution in [0.5, 0.6) is 11.5 Å². The first kappa shape index (κ1) is 17.7. The van der Waals surface area contributed by atoms with Gasteiger partial charge in [-0.15, -0.1) is 12.4 Å². The molecule has 0 unspecified atom stereocenters. The van der Waals surface area contributed by atoms with Crippen LogP contribution in [0, 0.1) is 0 Å². The molecule has 1 aromatic rings. The quantitative estimate of drug-likeness (QED) is 0.817. The molecule has 0 aliphatic carbocycles. The van der Waals surface area contributed by atoms with Crippen LogP contribution < -0.4 is 15.2 Å². The number of rotatable bonds is 6. The van der Waals surface area contributed by atoms with Crippen LogP contribution in [0.2, 0.25) is 0 Å². The van der Waals surface area contributed by atoms with Gasteiger partial charge in [0.15, 0.2) is 5.78 Å². The first-order valence-electron chi connectivity index (χ1n) is 6.21. The second-order valence-electron chi connectivity index (χ2n) is 4.10. The first-order valence-corrected chi connectivity index (χ1v) is 6.21. The normalized spacial score (nSPS) is 11.4. The van der Waals surface area contributed by atoms with Crippen LogP contribution in [0.15, 0.2) is 12.1 Å². The van der Waals surface area contributed by atoms with Crippen LogP contribution in [0.1, 0.15) is 49.7 Å². The Balaban J connectivity index is 0.00000324. The fourth-order valence-electron chi connectivity index (χ4n) is 1.76. The molecule has 0 aliphatic rings. The average Bonchev–Trinajstić information content (AvgIpc) is 2.28. The summed E-state index contributed by atoms with van der Waals surface area (Å²) >= 11 is 0. The van der Waals surface area contributed by atoms with Crippen molar-refractivity contribution >= 4 is 18.2 Å². The van der Waals surface area contributed by atoms with E-state index < -0.39 is 0 Å². The zero-order valence-corrected chi connectivity index (χ0v) is 12.7. The number of carbonyl (C=O) groups excluding carboxylic acids is 1. The van der Waals surface area contributed by atoms with Crippen molar-refractivity contribution in [2.45, 2.75) is 33.7 Å². The van der Waals surface area contributed by atoms with Crippen LogP contribution in [-0.4, -0.2) is 19.0 Å². The number of nitrogens with two attached hydrogens (primary N) is 1. The van der Waals surface area contributed by atoms with E-state index in [4.69, 9.17) is 15.2 Å². The lowest BCUT2D eigenvalue weighted by molar-refractivity contribution is 0.101. The minimum Gasteiger partial charge on any atom is -0.493 e. The number of ketones is 1. The molecule has 0 radical (unpaired) electrons. The molecule has 4 nitrogen and oxygen atoms in total. The van der Waals surface area contributed by atoms with Gasteiger partial charge in [-0.2, -0.15) is 0 Å². The summed E-state index contributed by atoms with van der Waals surface area (Å²) in [5.74, 6) is 1.02. The van der Waals surface area contributed by atoms with Crippen LogP contribution in [0.25, 0.3) is 0 Å². The molecule has 0 heterocycles. The van der Waals surface area contributed by atoms with Gasteiger partial charge in [-0.3, -0.25) is 4.79 Å². The Kier molecular flexibility index (Phi) is 7.49. The minimum absolute atomic E-state index is 0. The third kappa shape index (κ3) is 4.40. The Hall–Kier alpha value is -1.26. The second kappa shape index (κ2) is 8.02. The number of hydrogen-bond donors (Lipinski definition) is 1. The minimum atomic E-state index is -0.135. The Bertz CT molecular complexity index is 406. The Morgan fingerprint density at radius 1 is 1.21 bits per heavy atom. The molecule has 0 saturated carbocycles. The highest BCUT2D eigenvalue weighted by atomic mass is 35.5. The fourth-order valence-corrected chi connectivity index (χ4v) is 1.76. The summed E-state index contributed by atoms with van der Waals surface area (Å²) in [6.07, 6.45) is 0. The molecule has 0 aliphatic heterocycles. The van der Waals surface area contributed by atoms with Gasteiger partial charge < -0.3 is 15.2 Å². The standard InChI is InChI=1S/C14H21NO3.ClH/c1-5-17-12-7-11(9(3)15)8-13(18-6-2)14(12)10(4)16;/h7-9H,5-6,15H2,1-4H3;1H/t9-;/m1./s1. The van der Waals surface area contributed by atoms with E-state index in [-0.39, 0.29) is 24.2 Å². The number of carbonyl (C=O) groups is 1. The summed E-state index contributed by atoms with van der Waals surface area (Å²) in [5, 5.41) is 0. The van der Waals surface area contributed by atoms with E-state index >= 15 is 0 Å². The van der Waals surface area contributed by atoms with E-state index in [0.29, 0.717) is 30.3 Å². The number of benzene rings is 1. The molecule has 0 fully saturated rings. The maximum Gasteiger partial charge on any atom is 0.167 e. The van der Waals surface area contributed by atoms with Gasteiger partial charge in [-0.1, -0.05) is 0 Å².